The number of nitrogens with one attached hydrogen (secondary N) is 3. The van der Waals surface area contributed by atoms with Crippen LogP contribution in [0.1, 0.15) is 64.4 Å². The maximum atomic E-state index is 9.87. The summed E-state index contributed by atoms with van der Waals surface area (Å²) in [6.07, 6.45) is 11.8. The van der Waals surface area contributed by atoms with Gasteiger partial charge in [-0.2, -0.15) is 4.98 Å². The summed E-state index contributed by atoms with van der Waals surface area (Å²) in [7, 11) is 0. The summed E-state index contributed by atoms with van der Waals surface area (Å²) in [6, 6.07) is 4.92. The number of aliphatic hydroxyl groups is 1. The second-order valence-electron chi connectivity index (χ2n) is 9.55. The summed E-state index contributed by atoms with van der Waals surface area (Å²) in [5.74, 6) is 2.19. The number of pyridine rings is 1. The average Bonchev–Trinajstić information content (AvgIpc) is 3.30. The minimum absolute atomic E-state index is 0.172. The third-order valence-electron chi connectivity index (χ3n) is 6.71. The van der Waals surface area contributed by atoms with Gasteiger partial charge < -0.3 is 21.1 Å². The smallest absolute Gasteiger partial charge is 0.224 e. The second kappa shape index (κ2) is 11.1. The molecule has 1 aliphatic carbocycles. The largest absolute Gasteiger partial charge is 0.393 e. The molecule has 0 radical (unpaired) electrons. The molecule has 2 aromatic heterocycles. The first-order chi connectivity index (χ1) is 15.6. The molecule has 0 aromatic carbocycles. The zero-order chi connectivity index (χ0) is 22.3. The standard InChI is InChI=1S/C25H38N6O/c1-3-4-17(2)29-25-28-16-22(24(31-25)30-20-6-8-21(32)9-7-20)23-10-5-18(15-27-23)13-19-11-12-26-14-19/h5,10,15-17,19-21,26,32H,3-4,6-9,11-14H2,1-2H3,(H2,28,29,30,31)/t17-,19?,20?,21?/m0/s1. The molecular formula is C25H38N6O. The highest BCUT2D eigenvalue weighted by molar-refractivity contribution is 5.73. The van der Waals surface area contributed by atoms with E-state index in [9.17, 15) is 5.11 Å². The Balaban J connectivity index is 1.53. The van der Waals surface area contributed by atoms with E-state index < -0.39 is 0 Å². The lowest BCUT2D eigenvalue weighted by atomic mass is 9.93. The SMILES string of the molecule is CCC[C@H](C)Nc1ncc(-c2ccc(CC3CCNC3)cn2)c(NC2CCC(O)CC2)n1. The molecule has 2 fully saturated rings. The van der Waals surface area contributed by atoms with Crippen LogP contribution in [0.4, 0.5) is 11.8 Å². The van der Waals surface area contributed by atoms with Crippen LogP contribution in [0.2, 0.25) is 0 Å². The normalized spacial score (nSPS) is 24.3. The number of anilines is 2. The van der Waals surface area contributed by atoms with Crippen molar-refractivity contribution in [1.82, 2.24) is 20.3 Å². The van der Waals surface area contributed by atoms with Crippen molar-refractivity contribution in [2.45, 2.75) is 83.4 Å². The fraction of sp³-hybridized carbons (Fsp3) is 0.640. The fourth-order valence-corrected chi connectivity index (χ4v) is 4.81. The van der Waals surface area contributed by atoms with Crippen LogP contribution in [0.25, 0.3) is 11.3 Å². The topological polar surface area (TPSA) is 95.0 Å². The van der Waals surface area contributed by atoms with E-state index in [1.165, 1.54) is 12.0 Å². The average molecular weight is 439 g/mol. The van der Waals surface area contributed by atoms with Crippen molar-refractivity contribution < 1.29 is 5.11 Å². The van der Waals surface area contributed by atoms with Crippen LogP contribution in [0.15, 0.2) is 24.5 Å². The molecule has 0 spiro atoms. The van der Waals surface area contributed by atoms with Crippen LogP contribution >= 0.6 is 0 Å². The first kappa shape index (κ1) is 22.9. The summed E-state index contributed by atoms with van der Waals surface area (Å²) >= 11 is 0. The number of aromatic nitrogens is 3. The van der Waals surface area contributed by atoms with Gasteiger partial charge in [-0.25, -0.2) is 4.98 Å². The third-order valence-corrected chi connectivity index (χ3v) is 6.71. The predicted molar refractivity (Wildman–Crippen MR) is 130 cm³/mol. The third kappa shape index (κ3) is 6.17. The molecule has 4 rings (SSSR count). The van der Waals surface area contributed by atoms with E-state index in [0.29, 0.717) is 23.9 Å². The molecule has 3 heterocycles. The Labute approximate surface area is 191 Å². The maximum absolute atomic E-state index is 9.87. The molecule has 2 aliphatic rings. The maximum Gasteiger partial charge on any atom is 0.224 e. The number of hydrogen-bond acceptors (Lipinski definition) is 7. The van der Waals surface area contributed by atoms with Gasteiger partial charge in [0.1, 0.15) is 5.82 Å². The van der Waals surface area contributed by atoms with Gasteiger partial charge in [0.25, 0.3) is 0 Å². The van der Waals surface area contributed by atoms with Crippen molar-refractivity contribution in [2.75, 3.05) is 23.7 Å². The van der Waals surface area contributed by atoms with Crippen LogP contribution < -0.4 is 16.0 Å². The Morgan fingerprint density at radius 2 is 1.97 bits per heavy atom. The quantitative estimate of drug-likeness (QED) is 0.470. The van der Waals surface area contributed by atoms with Gasteiger partial charge in [-0.05, 0) is 82.5 Å². The lowest BCUT2D eigenvalue weighted by Crippen LogP contribution is -2.29. The van der Waals surface area contributed by atoms with E-state index in [1.807, 2.05) is 12.4 Å². The molecule has 0 bridgehead atoms. The molecule has 1 unspecified atom stereocenters. The molecule has 1 saturated carbocycles. The lowest BCUT2D eigenvalue weighted by Gasteiger charge is -2.27. The Kier molecular flexibility index (Phi) is 7.92. The number of rotatable bonds is 9. The van der Waals surface area contributed by atoms with Gasteiger partial charge >= 0.3 is 0 Å². The van der Waals surface area contributed by atoms with Crippen molar-refractivity contribution in [2.24, 2.45) is 5.92 Å². The van der Waals surface area contributed by atoms with E-state index in [1.54, 1.807) is 0 Å². The summed E-state index contributed by atoms with van der Waals surface area (Å²) < 4.78 is 0. The van der Waals surface area contributed by atoms with Gasteiger partial charge in [0, 0.05) is 24.5 Å². The molecule has 174 valence electrons. The first-order valence-electron chi connectivity index (χ1n) is 12.3. The van der Waals surface area contributed by atoms with E-state index in [4.69, 9.17) is 9.97 Å². The van der Waals surface area contributed by atoms with Gasteiger partial charge in [-0.3, -0.25) is 4.98 Å². The predicted octanol–water partition coefficient (Wildman–Crippen LogP) is 4.01. The van der Waals surface area contributed by atoms with Crippen molar-refractivity contribution in [3.8, 4) is 11.3 Å². The summed E-state index contributed by atoms with van der Waals surface area (Å²) in [5.41, 5.74) is 3.11. The van der Waals surface area contributed by atoms with Crippen LogP contribution in [-0.4, -0.2) is 51.3 Å². The molecule has 1 saturated heterocycles. The molecule has 2 atom stereocenters. The highest BCUT2D eigenvalue weighted by Gasteiger charge is 2.22. The van der Waals surface area contributed by atoms with Gasteiger partial charge in [-0.15, -0.1) is 0 Å². The van der Waals surface area contributed by atoms with Gasteiger partial charge in [0.2, 0.25) is 5.95 Å². The molecule has 0 amide bonds. The van der Waals surface area contributed by atoms with E-state index in [0.717, 1.165) is 75.1 Å². The van der Waals surface area contributed by atoms with E-state index in [-0.39, 0.29) is 6.10 Å². The number of nitrogens with zero attached hydrogens (tertiary/aromatic N) is 3. The molecule has 7 heteroatoms. The molecule has 32 heavy (non-hydrogen) atoms. The Hall–Kier alpha value is -2.25. The van der Waals surface area contributed by atoms with Crippen LogP contribution in [0, 0.1) is 5.92 Å². The lowest BCUT2D eigenvalue weighted by molar-refractivity contribution is 0.126. The van der Waals surface area contributed by atoms with Gasteiger partial charge in [0.05, 0.1) is 17.4 Å². The van der Waals surface area contributed by atoms with Crippen molar-refractivity contribution in [1.29, 1.82) is 0 Å². The molecule has 2 aromatic rings. The van der Waals surface area contributed by atoms with Crippen molar-refractivity contribution in [3.05, 3.63) is 30.1 Å². The van der Waals surface area contributed by atoms with Crippen LogP contribution in [0.3, 0.4) is 0 Å². The highest BCUT2D eigenvalue weighted by Crippen LogP contribution is 2.29. The zero-order valence-corrected chi connectivity index (χ0v) is 19.5. The fourth-order valence-electron chi connectivity index (χ4n) is 4.81. The van der Waals surface area contributed by atoms with E-state index in [2.05, 4.69) is 46.9 Å². The minimum atomic E-state index is -0.172. The van der Waals surface area contributed by atoms with E-state index >= 15 is 0 Å². The summed E-state index contributed by atoms with van der Waals surface area (Å²) in [6.45, 7) is 6.57. The van der Waals surface area contributed by atoms with Crippen molar-refractivity contribution in [3.63, 3.8) is 0 Å². The monoisotopic (exact) mass is 438 g/mol. The Morgan fingerprint density at radius 1 is 1.12 bits per heavy atom. The van der Waals surface area contributed by atoms with Crippen molar-refractivity contribution >= 4 is 11.8 Å². The Bertz CT molecular complexity index is 844. The van der Waals surface area contributed by atoms with Crippen LogP contribution in [0.5, 0.6) is 0 Å². The summed E-state index contributed by atoms with van der Waals surface area (Å²) in [5, 5.41) is 20.4. The van der Waals surface area contributed by atoms with Crippen LogP contribution in [-0.2, 0) is 6.42 Å². The summed E-state index contributed by atoms with van der Waals surface area (Å²) in [4.78, 5) is 14.2. The van der Waals surface area contributed by atoms with Gasteiger partial charge in [0.15, 0.2) is 0 Å². The Morgan fingerprint density at radius 3 is 2.66 bits per heavy atom. The number of aliphatic hydroxyl groups excluding tert-OH is 1. The molecule has 4 N–H and O–H groups in total. The zero-order valence-electron chi connectivity index (χ0n) is 19.5. The minimum Gasteiger partial charge on any atom is -0.393 e. The molecule has 7 nitrogen and oxygen atoms in total. The molecular weight excluding hydrogens is 400 g/mol. The highest BCUT2D eigenvalue weighted by atomic mass is 16.3. The molecule has 1 aliphatic heterocycles. The second-order valence-corrected chi connectivity index (χ2v) is 9.55. The number of hydrogen-bond donors (Lipinski definition) is 4. The van der Waals surface area contributed by atoms with Gasteiger partial charge in [-0.1, -0.05) is 19.4 Å². The first-order valence-corrected chi connectivity index (χ1v) is 12.3.